The second-order valence-corrected chi connectivity index (χ2v) is 0.999. The van der Waals surface area contributed by atoms with Gasteiger partial charge in [-0.1, -0.05) is 0 Å². The predicted octanol–water partition coefficient (Wildman–Crippen LogP) is 2.26. The molecular formula is C3HF5O. The molecule has 0 saturated heterocycles. The molecule has 9 heavy (non-hydrogen) atoms. The van der Waals surface area contributed by atoms with Crippen molar-refractivity contribution in [2.45, 2.75) is 6.43 Å². The maximum atomic E-state index is 11.3. The van der Waals surface area contributed by atoms with Crippen molar-refractivity contribution in [2.24, 2.45) is 0 Å². The van der Waals surface area contributed by atoms with Crippen molar-refractivity contribution >= 4 is 0 Å². The number of halogens is 5. The van der Waals surface area contributed by atoms with Crippen LogP contribution >= 0.6 is 0 Å². The summed E-state index contributed by atoms with van der Waals surface area (Å²) in [4.78, 5) is 2.03. The number of alkyl halides is 2. The first-order valence-electron chi connectivity index (χ1n) is 1.71. The van der Waals surface area contributed by atoms with E-state index in [4.69, 9.17) is 0 Å². The molecule has 0 aromatic carbocycles. The molecule has 0 fully saturated rings. The van der Waals surface area contributed by atoms with Crippen LogP contribution in [-0.2, 0) is 4.94 Å². The molecule has 0 spiro atoms. The van der Waals surface area contributed by atoms with Crippen molar-refractivity contribution in [3.8, 4) is 0 Å². The maximum Gasteiger partial charge on any atom is 0.355 e. The van der Waals surface area contributed by atoms with Crippen molar-refractivity contribution in [1.29, 1.82) is 0 Å². The van der Waals surface area contributed by atoms with Crippen LogP contribution in [0.25, 0.3) is 0 Å². The van der Waals surface area contributed by atoms with E-state index in [9.17, 15) is 22.1 Å². The van der Waals surface area contributed by atoms with Crippen molar-refractivity contribution in [1.82, 2.24) is 0 Å². The molecule has 0 aliphatic carbocycles. The minimum Gasteiger partial charge on any atom is -0.260 e. The molecule has 0 rings (SSSR count). The molecule has 0 aliphatic heterocycles. The van der Waals surface area contributed by atoms with Crippen LogP contribution in [0, 0.1) is 0 Å². The molecule has 0 unspecified atom stereocenters. The average Bonchev–Trinajstić information content (AvgIpc) is 1.84. The van der Waals surface area contributed by atoms with Gasteiger partial charge in [-0.15, -0.1) is 0 Å². The third-order valence-corrected chi connectivity index (χ3v) is 0.447. The van der Waals surface area contributed by atoms with E-state index < -0.39 is 18.3 Å². The topological polar surface area (TPSA) is 9.23 Å². The van der Waals surface area contributed by atoms with Crippen molar-refractivity contribution in [3.05, 3.63) is 11.8 Å². The summed E-state index contributed by atoms with van der Waals surface area (Å²) in [6.45, 7) is 0. The van der Waals surface area contributed by atoms with Gasteiger partial charge in [-0.25, -0.2) is 8.78 Å². The molecule has 0 aliphatic rings. The van der Waals surface area contributed by atoms with Gasteiger partial charge in [0.2, 0.25) is 5.83 Å². The van der Waals surface area contributed by atoms with Gasteiger partial charge in [0.05, 0.1) is 0 Å². The van der Waals surface area contributed by atoms with Gasteiger partial charge in [-0.3, -0.25) is 4.94 Å². The molecule has 0 aromatic rings. The van der Waals surface area contributed by atoms with Gasteiger partial charge < -0.3 is 0 Å². The Morgan fingerprint density at radius 3 is 1.78 bits per heavy atom. The molecule has 1 nitrogen and oxygen atoms in total. The summed E-state index contributed by atoms with van der Waals surface area (Å²) in [5.74, 6) is -2.54. The third-order valence-electron chi connectivity index (χ3n) is 0.447. The fourth-order valence-corrected chi connectivity index (χ4v) is 0.123. The van der Waals surface area contributed by atoms with E-state index in [0.717, 1.165) is 0 Å². The molecule has 6 heteroatoms. The van der Waals surface area contributed by atoms with Crippen LogP contribution in [0.15, 0.2) is 11.8 Å². The normalized spacial score (nSPS) is 13.6. The number of hydrogen-bond donors (Lipinski definition) is 0. The molecule has 0 heterocycles. The van der Waals surface area contributed by atoms with Crippen LogP contribution < -0.4 is 0 Å². The van der Waals surface area contributed by atoms with E-state index in [1.165, 1.54) is 0 Å². The largest absolute Gasteiger partial charge is 0.355 e. The Balaban J connectivity index is 4.10. The summed E-state index contributed by atoms with van der Waals surface area (Å²) in [7, 11) is 0. The third kappa shape index (κ3) is 2.29. The molecular weight excluding hydrogens is 147 g/mol. The Hall–Kier alpha value is -0.810. The second kappa shape index (κ2) is 3.26. The van der Waals surface area contributed by atoms with Crippen molar-refractivity contribution < 1.29 is 27.0 Å². The molecule has 0 saturated carbocycles. The molecule has 0 amide bonds. The quantitative estimate of drug-likeness (QED) is 0.431. The molecule has 0 N–H and O–H groups in total. The van der Waals surface area contributed by atoms with E-state index in [0.29, 0.717) is 0 Å². The van der Waals surface area contributed by atoms with Crippen LogP contribution in [0.4, 0.5) is 22.1 Å². The zero-order valence-electron chi connectivity index (χ0n) is 3.88. The molecule has 0 bridgehead atoms. The maximum absolute atomic E-state index is 11.3. The fraction of sp³-hybridized carbons (Fsp3) is 0.333. The number of allylic oxidation sites excluding steroid dienone is 1. The molecule has 54 valence electrons. The fourth-order valence-electron chi connectivity index (χ4n) is 0.123. The van der Waals surface area contributed by atoms with Crippen LogP contribution in [0.2, 0.25) is 0 Å². The van der Waals surface area contributed by atoms with Gasteiger partial charge in [0, 0.05) is 4.53 Å². The van der Waals surface area contributed by atoms with Gasteiger partial charge in [-0.2, -0.15) is 8.78 Å². The first-order valence-corrected chi connectivity index (χ1v) is 1.71. The Bertz CT molecular complexity index is 119. The first kappa shape index (κ1) is 8.19. The highest BCUT2D eigenvalue weighted by molar-refractivity contribution is 4.94. The van der Waals surface area contributed by atoms with Crippen molar-refractivity contribution in [3.63, 3.8) is 0 Å². The lowest BCUT2D eigenvalue weighted by Crippen LogP contribution is -1.93. The van der Waals surface area contributed by atoms with Gasteiger partial charge in [0.1, 0.15) is 0 Å². The molecule has 0 atom stereocenters. The zero-order valence-corrected chi connectivity index (χ0v) is 3.88. The Morgan fingerprint density at radius 1 is 1.22 bits per heavy atom. The summed E-state index contributed by atoms with van der Waals surface area (Å²) >= 11 is 0. The predicted molar refractivity (Wildman–Crippen MR) is 17.4 cm³/mol. The highest BCUT2D eigenvalue weighted by atomic mass is 19.3. The van der Waals surface area contributed by atoms with Gasteiger partial charge in [0.15, 0.2) is 0 Å². The van der Waals surface area contributed by atoms with E-state index in [2.05, 4.69) is 0 Å². The first-order chi connectivity index (χ1) is 4.09. The summed E-state index contributed by atoms with van der Waals surface area (Å²) in [5, 5.41) is 0. The highest BCUT2D eigenvalue weighted by Crippen LogP contribution is 2.16. The Labute approximate surface area is 46.6 Å². The van der Waals surface area contributed by atoms with E-state index >= 15 is 0 Å². The summed E-state index contributed by atoms with van der Waals surface area (Å²) < 4.78 is 54.9. The van der Waals surface area contributed by atoms with Gasteiger partial charge in [-0.05, 0) is 0 Å². The average molecular weight is 148 g/mol. The second-order valence-electron chi connectivity index (χ2n) is 0.999. The lowest BCUT2D eigenvalue weighted by atomic mass is 10.6. The molecule has 0 radical (unpaired) electrons. The number of rotatable bonds is 2. The zero-order chi connectivity index (χ0) is 7.44. The summed E-state index contributed by atoms with van der Waals surface area (Å²) in [6, 6.07) is -2.54. The lowest BCUT2D eigenvalue weighted by molar-refractivity contribution is -0.119. The highest BCUT2D eigenvalue weighted by Gasteiger charge is 2.18. The monoisotopic (exact) mass is 148 g/mol. The summed E-state index contributed by atoms with van der Waals surface area (Å²) in [5.41, 5.74) is 0. The standard InChI is InChI=1S/C3HF5O/c4-1(2(5)6)3(7)9-8/h2H/b3-1-. The van der Waals surface area contributed by atoms with Crippen LogP contribution in [0.3, 0.4) is 0 Å². The molecule has 0 aromatic heterocycles. The van der Waals surface area contributed by atoms with Crippen molar-refractivity contribution in [2.75, 3.05) is 0 Å². The Morgan fingerprint density at radius 2 is 1.67 bits per heavy atom. The van der Waals surface area contributed by atoms with Crippen LogP contribution in [-0.4, -0.2) is 6.43 Å². The lowest BCUT2D eigenvalue weighted by Gasteiger charge is -1.91. The van der Waals surface area contributed by atoms with Crippen LogP contribution in [0.5, 0.6) is 0 Å². The van der Waals surface area contributed by atoms with E-state index in [-0.39, 0.29) is 0 Å². The van der Waals surface area contributed by atoms with Gasteiger partial charge in [0.25, 0.3) is 6.43 Å². The SMILES string of the molecule is FO/C(F)=C(\F)C(F)F. The van der Waals surface area contributed by atoms with Gasteiger partial charge >= 0.3 is 6.01 Å². The minimum atomic E-state index is -3.68. The summed E-state index contributed by atoms with van der Waals surface area (Å²) in [6.07, 6.45) is -3.68. The van der Waals surface area contributed by atoms with E-state index in [1.54, 1.807) is 0 Å². The van der Waals surface area contributed by atoms with Crippen LogP contribution in [0.1, 0.15) is 0 Å². The smallest absolute Gasteiger partial charge is 0.260 e. The Kier molecular flexibility index (Phi) is 2.97. The minimum absolute atomic E-state index is 2.03. The van der Waals surface area contributed by atoms with E-state index in [1.807, 2.05) is 4.94 Å². The number of hydrogen-bond acceptors (Lipinski definition) is 1.